The van der Waals surface area contributed by atoms with Crippen molar-refractivity contribution in [3.63, 3.8) is 0 Å². The molecule has 1 atom stereocenters. The molecule has 6 nitrogen and oxygen atoms in total. The smallest absolute Gasteiger partial charge is 0.269 e. The first-order chi connectivity index (χ1) is 14.0. The highest BCUT2D eigenvalue weighted by Gasteiger charge is 2.40. The van der Waals surface area contributed by atoms with E-state index in [1.807, 2.05) is 19.1 Å². The Bertz CT molecular complexity index is 1050. The minimum absolute atomic E-state index is 0.0159. The first-order valence-electron chi connectivity index (χ1n) is 10.1. The van der Waals surface area contributed by atoms with Crippen LogP contribution in [0, 0.1) is 0 Å². The second-order valence-corrected chi connectivity index (χ2v) is 10.5. The fraction of sp³-hybridized carbons (Fsp3) is 0.391. The van der Waals surface area contributed by atoms with E-state index < -0.39 is 15.9 Å². The summed E-state index contributed by atoms with van der Waals surface area (Å²) < 4.78 is 25.9. The van der Waals surface area contributed by atoms with E-state index >= 15 is 0 Å². The molecule has 1 heterocycles. The third-order valence-electron chi connectivity index (χ3n) is 5.33. The molecule has 2 aromatic rings. The fourth-order valence-electron chi connectivity index (χ4n) is 3.50. The lowest BCUT2D eigenvalue weighted by molar-refractivity contribution is -0.121. The molecule has 2 aromatic carbocycles. The molecule has 3 rings (SSSR count). The van der Waals surface area contributed by atoms with Crippen LogP contribution in [-0.4, -0.2) is 31.1 Å². The summed E-state index contributed by atoms with van der Waals surface area (Å²) in [5, 5.41) is 2.94. The van der Waals surface area contributed by atoms with Crippen molar-refractivity contribution in [1.82, 2.24) is 9.62 Å². The summed E-state index contributed by atoms with van der Waals surface area (Å²) in [6.07, 6.45) is 0.403. The number of nitrogens with one attached hydrogen (secondary N) is 1. The Labute approximate surface area is 178 Å². The Balaban J connectivity index is 1.54. The van der Waals surface area contributed by atoms with Gasteiger partial charge in [-0.3, -0.25) is 9.59 Å². The zero-order valence-electron chi connectivity index (χ0n) is 17.8. The Morgan fingerprint density at radius 2 is 1.70 bits per heavy atom. The number of sulfonamides is 1. The molecular formula is C23H28N2O4S. The molecule has 0 radical (unpaired) electrons. The van der Waals surface area contributed by atoms with Crippen molar-refractivity contribution in [3.8, 4) is 0 Å². The number of carbonyl (C=O) groups excluding carboxylic acids is 2. The third-order valence-corrected chi connectivity index (χ3v) is 7.17. The van der Waals surface area contributed by atoms with E-state index in [0.29, 0.717) is 0 Å². The molecule has 0 saturated heterocycles. The van der Waals surface area contributed by atoms with Crippen LogP contribution in [0.5, 0.6) is 0 Å². The Morgan fingerprint density at radius 3 is 2.30 bits per heavy atom. The van der Waals surface area contributed by atoms with Crippen molar-refractivity contribution >= 4 is 21.8 Å². The summed E-state index contributed by atoms with van der Waals surface area (Å²) in [6, 6.07) is 14.2. The Kier molecular flexibility index (Phi) is 6.04. The van der Waals surface area contributed by atoms with E-state index in [0.717, 1.165) is 9.87 Å². The van der Waals surface area contributed by atoms with Crippen LogP contribution >= 0.6 is 0 Å². The highest BCUT2D eigenvalue weighted by molar-refractivity contribution is 7.90. The van der Waals surface area contributed by atoms with Gasteiger partial charge in [0.05, 0.1) is 11.6 Å². The van der Waals surface area contributed by atoms with E-state index in [4.69, 9.17) is 0 Å². The van der Waals surface area contributed by atoms with E-state index in [1.54, 1.807) is 12.1 Å². The molecule has 0 spiro atoms. The van der Waals surface area contributed by atoms with Gasteiger partial charge in [0.15, 0.2) is 0 Å². The topological polar surface area (TPSA) is 83.6 Å². The van der Waals surface area contributed by atoms with Crippen molar-refractivity contribution in [1.29, 1.82) is 0 Å². The Morgan fingerprint density at radius 1 is 1.07 bits per heavy atom. The third kappa shape index (κ3) is 4.41. The number of carbonyl (C=O) groups is 2. The molecule has 0 unspecified atom stereocenters. The van der Waals surface area contributed by atoms with Crippen molar-refractivity contribution in [2.75, 3.05) is 6.54 Å². The van der Waals surface area contributed by atoms with Crippen LogP contribution in [0.4, 0.5) is 0 Å². The Hall–Kier alpha value is -2.67. The lowest BCUT2D eigenvalue weighted by Gasteiger charge is -2.21. The zero-order valence-corrected chi connectivity index (χ0v) is 18.6. The summed E-state index contributed by atoms with van der Waals surface area (Å²) >= 11 is 0. The highest BCUT2D eigenvalue weighted by atomic mass is 32.2. The number of benzene rings is 2. The lowest BCUT2D eigenvalue weighted by Crippen LogP contribution is -2.32. The average Bonchev–Trinajstić information content (AvgIpc) is 2.88. The van der Waals surface area contributed by atoms with Crippen LogP contribution in [0.3, 0.4) is 0 Å². The molecule has 0 aliphatic carbocycles. The van der Waals surface area contributed by atoms with E-state index in [2.05, 4.69) is 38.2 Å². The van der Waals surface area contributed by atoms with Crippen molar-refractivity contribution in [3.05, 3.63) is 65.2 Å². The molecule has 0 fully saturated rings. The second kappa shape index (κ2) is 8.22. The van der Waals surface area contributed by atoms with Crippen molar-refractivity contribution in [2.45, 2.75) is 56.9 Å². The number of hydrogen-bond donors (Lipinski definition) is 1. The number of rotatable bonds is 6. The summed E-state index contributed by atoms with van der Waals surface area (Å²) in [6.45, 7) is 8.35. The number of hydrogen-bond acceptors (Lipinski definition) is 4. The summed E-state index contributed by atoms with van der Waals surface area (Å²) in [7, 11) is -3.82. The number of amides is 2. The highest BCUT2D eigenvalue weighted by Crippen LogP contribution is 2.30. The molecule has 0 bridgehead atoms. The van der Waals surface area contributed by atoms with E-state index in [9.17, 15) is 18.0 Å². The maximum atomic E-state index is 12.5. The van der Waals surface area contributed by atoms with Crippen LogP contribution in [0.25, 0.3) is 0 Å². The quantitative estimate of drug-likeness (QED) is 0.759. The molecule has 30 heavy (non-hydrogen) atoms. The predicted molar refractivity (Wildman–Crippen MR) is 116 cm³/mol. The van der Waals surface area contributed by atoms with Crippen LogP contribution in [0.15, 0.2) is 53.4 Å². The standard InChI is InChI=1S/C23H28N2O4S/c1-16(17-11-13-18(14-12-17)23(2,3)4)24-21(26)10-7-15-25-22(27)19-8-5-6-9-20(19)30(25,28)29/h5-6,8-9,11-14,16H,7,10,15H2,1-4H3,(H,24,26)/t16-/m1/s1. The lowest BCUT2D eigenvalue weighted by atomic mass is 9.86. The van der Waals surface area contributed by atoms with Gasteiger partial charge in [0.1, 0.15) is 4.90 Å². The SMILES string of the molecule is C[C@@H](NC(=O)CCCN1C(=O)c2ccccc2S1(=O)=O)c1ccc(C(C)(C)C)cc1. The molecule has 160 valence electrons. The van der Waals surface area contributed by atoms with Crippen LogP contribution in [-0.2, 0) is 20.2 Å². The zero-order chi connectivity index (χ0) is 22.1. The van der Waals surface area contributed by atoms with Gasteiger partial charge in [-0.25, -0.2) is 12.7 Å². The number of nitrogens with zero attached hydrogens (tertiary/aromatic N) is 1. The summed E-state index contributed by atoms with van der Waals surface area (Å²) in [5.74, 6) is -0.706. The van der Waals surface area contributed by atoms with Crippen molar-refractivity contribution < 1.29 is 18.0 Å². The van der Waals surface area contributed by atoms with E-state index in [1.165, 1.54) is 17.7 Å². The van der Waals surface area contributed by atoms with Crippen molar-refractivity contribution in [2.24, 2.45) is 0 Å². The maximum absolute atomic E-state index is 12.5. The van der Waals surface area contributed by atoms with Crippen LogP contribution < -0.4 is 5.32 Å². The molecule has 0 saturated carbocycles. The second-order valence-electron chi connectivity index (χ2n) is 8.64. The van der Waals surface area contributed by atoms with Gasteiger partial charge in [0.25, 0.3) is 15.9 Å². The average molecular weight is 429 g/mol. The van der Waals surface area contributed by atoms with Gasteiger partial charge in [-0.15, -0.1) is 0 Å². The fourth-order valence-corrected chi connectivity index (χ4v) is 5.11. The van der Waals surface area contributed by atoms with Gasteiger partial charge in [-0.2, -0.15) is 0 Å². The molecular weight excluding hydrogens is 400 g/mol. The number of fused-ring (bicyclic) bond motifs is 1. The summed E-state index contributed by atoms with van der Waals surface area (Å²) in [4.78, 5) is 24.8. The normalized spacial score (nSPS) is 16.3. The summed E-state index contributed by atoms with van der Waals surface area (Å²) in [5.41, 5.74) is 2.48. The van der Waals surface area contributed by atoms with Crippen LogP contribution in [0.1, 0.15) is 68.1 Å². The predicted octanol–water partition coefficient (Wildman–Crippen LogP) is 3.79. The van der Waals surface area contributed by atoms with Gasteiger partial charge in [0, 0.05) is 13.0 Å². The first-order valence-corrected chi connectivity index (χ1v) is 11.5. The molecule has 1 aliphatic rings. The minimum Gasteiger partial charge on any atom is -0.350 e. The molecule has 2 amide bonds. The maximum Gasteiger partial charge on any atom is 0.269 e. The van der Waals surface area contributed by atoms with Gasteiger partial charge in [-0.1, -0.05) is 57.2 Å². The molecule has 1 aliphatic heterocycles. The van der Waals surface area contributed by atoms with Crippen LogP contribution in [0.2, 0.25) is 0 Å². The van der Waals surface area contributed by atoms with E-state index in [-0.39, 0.29) is 47.2 Å². The van der Waals surface area contributed by atoms with Gasteiger partial charge in [-0.05, 0) is 42.0 Å². The van der Waals surface area contributed by atoms with Gasteiger partial charge in [0.2, 0.25) is 5.91 Å². The largest absolute Gasteiger partial charge is 0.350 e. The monoisotopic (exact) mass is 428 g/mol. The molecule has 0 aromatic heterocycles. The molecule has 1 N–H and O–H groups in total. The minimum atomic E-state index is -3.82. The van der Waals surface area contributed by atoms with Gasteiger partial charge >= 0.3 is 0 Å². The molecule has 7 heteroatoms. The first kappa shape index (κ1) is 22.0. The van der Waals surface area contributed by atoms with Gasteiger partial charge < -0.3 is 5.32 Å².